The molecule has 0 radical (unpaired) electrons. The molecule has 0 aromatic rings. The van der Waals surface area contributed by atoms with E-state index in [1.165, 1.54) is 0 Å². The van der Waals surface area contributed by atoms with Crippen molar-refractivity contribution in [2.24, 2.45) is 5.73 Å². The van der Waals surface area contributed by atoms with Crippen LogP contribution in [0.3, 0.4) is 0 Å². The summed E-state index contributed by atoms with van der Waals surface area (Å²) in [7, 11) is 0. The fraction of sp³-hybridized carbons (Fsp3) is 0.833. The van der Waals surface area contributed by atoms with Crippen LogP contribution in [0.25, 0.3) is 0 Å². The first-order valence-corrected chi connectivity index (χ1v) is 3.13. The number of rotatable bonds is 6. The Hall–Kier alpha value is -0.410. The summed E-state index contributed by atoms with van der Waals surface area (Å²) in [5.41, 5.74) is 5.22. The third kappa shape index (κ3) is 7.59. The van der Waals surface area contributed by atoms with E-state index in [0.29, 0.717) is 13.2 Å². The van der Waals surface area contributed by atoms with Crippen LogP contribution in [0, 0.1) is 0 Å². The average molecular weight is 131 g/mol. The van der Waals surface area contributed by atoms with Gasteiger partial charge in [0.1, 0.15) is 12.9 Å². The molecule has 9 heavy (non-hydrogen) atoms. The van der Waals surface area contributed by atoms with Gasteiger partial charge in [0, 0.05) is 6.61 Å². The minimum atomic E-state index is 0.213. The summed E-state index contributed by atoms with van der Waals surface area (Å²) >= 11 is 0. The van der Waals surface area contributed by atoms with Gasteiger partial charge in [-0.3, -0.25) is 0 Å². The van der Waals surface area contributed by atoms with Crippen molar-refractivity contribution >= 4 is 6.29 Å². The largest absolute Gasteiger partial charge is 0.374 e. The zero-order valence-corrected chi connectivity index (χ0v) is 5.51. The second-order valence-corrected chi connectivity index (χ2v) is 1.74. The summed E-state index contributed by atoms with van der Waals surface area (Å²) in [6.45, 7) is 1.56. The molecule has 0 bridgehead atoms. The van der Waals surface area contributed by atoms with Crippen LogP contribution in [0.1, 0.15) is 12.8 Å². The molecule has 0 aromatic carbocycles. The molecule has 0 aromatic heterocycles. The van der Waals surface area contributed by atoms with E-state index >= 15 is 0 Å². The maximum absolute atomic E-state index is 9.69. The quantitative estimate of drug-likeness (QED) is 0.406. The van der Waals surface area contributed by atoms with E-state index in [1.807, 2.05) is 0 Å². The van der Waals surface area contributed by atoms with Crippen molar-refractivity contribution in [1.82, 2.24) is 0 Å². The first kappa shape index (κ1) is 8.59. The Morgan fingerprint density at radius 1 is 1.44 bits per heavy atom. The number of carbonyl (C=O) groups is 1. The van der Waals surface area contributed by atoms with E-state index in [2.05, 4.69) is 0 Å². The molecule has 0 aliphatic heterocycles. The van der Waals surface area contributed by atoms with E-state index in [9.17, 15) is 4.79 Å². The second kappa shape index (κ2) is 7.59. The molecule has 3 nitrogen and oxygen atoms in total. The highest BCUT2D eigenvalue weighted by molar-refractivity contribution is 5.50. The lowest BCUT2D eigenvalue weighted by atomic mass is 10.3. The van der Waals surface area contributed by atoms with Crippen molar-refractivity contribution in [3.05, 3.63) is 0 Å². The molecule has 0 saturated carbocycles. The van der Waals surface area contributed by atoms with Gasteiger partial charge in [-0.15, -0.1) is 0 Å². The van der Waals surface area contributed by atoms with Crippen LogP contribution in [0.4, 0.5) is 0 Å². The summed E-state index contributed by atoms with van der Waals surface area (Å²) < 4.78 is 4.86. The van der Waals surface area contributed by atoms with Crippen molar-refractivity contribution < 1.29 is 9.53 Å². The summed E-state index contributed by atoms with van der Waals surface area (Å²) in [5.74, 6) is 0. The Balaban J connectivity index is 2.66. The third-order valence-corrected chi connectivity index (χ3v) is 0.929. The molecular weight excluding hydrogens is 118 g/mol. The predicted octanol–water partition coefficient (Wildman–Crippen LogP) is -0.0592. The number of hydrogen-bond donors (Lipinski definition) is 1. The van der Waals surface area contributed by atoms with Crippen molar-refractivity contribution in [3.8, 4) is 0 Å². The molecule has 0 atom stereocenters. The Morgan fingerprint density at radius 2 is 2.22 bits per heavy atom. The topological polar surface area (TPSA) is 52.3 Å². The minimum Gasteiger partial charge on any atom is -0.374 e. The third-order valence-electron chi connectivity index (χ3n) is 0.929. The van der Waals surface area contributed by atoms with Crippen LogP contribution in [0.5, 0.6) is 0 Å². The van der Waals surface area contributed by atoms with Gasteiger partial charge in [0.2, 0.25) is 0 Å². The summed E-state index contributed by atoms with van der Waals surface area (Å²) in [5, 5.41) is 0. The Labute approximate surface area is 55.2 Å². The number of carbonyl (C=O) groups excluding carboxylic acids is 1. The molecular formula is C6H13NO2. The molecule has 0 spiro atoms. The fourth-order valence-corrected chi connectivity index (χ4v) is 0.480. The number of aldehydes is 1. The summed E-state index contributed by atoms with van der Waals surface area (Å²) in [6, 6.07) is 0. The highest BCUT2D eigenvalue weighted by Gasteiger charge is 1.84. The maximum Gasteiger partial charge on any atom is 0.145 e. The lowest BCUT2D eigenvalue weighted by Gasteiger charge is -1.96. The minimum absolute atomic E-state index is 0.213. The monoisotopic (exact) mass is 131 g/mol. The number of nitrogens with two attached hydrogens (primary N) is 1. The van der Waals surface area contributed by atoms with Gasteiger partial charge < -0.3 is 15.3 Å². The molecule has 0 aliphatic rings. The molecule has 2 N–H and O–H groups in total. The molecule has 0 fully saturated rings. The molecule has 0 heterocycles. The van der Waals surface area contributed by atoms with Crippen molar-refractivity contribution in [2.45, 2.75) is 12.8 Å². The van der Waals surface area contributed by atoms with Gasteiger partial charge in [-0.1, -0.05) is 0 Å². The number of ether oxygens (including phenoxy) is 1. The first-order valence-electron chi connectivity index (χ1n) is 3.13. The standard InChI is InChI=1S/C6H13NO2/c7-3-1-2-5-9-6-4-8/h4H,1-3,5-7H2. The van der Waals surface area contributed by atoms with Gasteiger partial charge in [0.15, 0.2) is 0 Å². The van der Waals surface area contributed by atoms with Gasteiger partial charge >= 0.3 is 0 Å². The van der Waals surface area contributed by atoms with Crippen LogP contribution < -0.4 is 5.73 Å². The molecule has 0 unspecified atom stereocenters. The van der Waals surface area contributed by atoms with Crippen LogP contribution in [-0.2, 0) is 9.53 Å². The van der Waals surface area contributed by atoms with Gasteiger partial charge in [-0.05, 0) is 19.4 Å². The second-order valence-electron chi connectivity index (χ2n) is 1.74. The predicted molar refractivity (Wildman–Crippen MR) is 35.2 cm³/mol. The zero-order chi connectivity index (χ0) is 6.95. The Kier molecular flexibility index (Phi) is 7.24. The van der Waals surface area contributed by atoms with Crippen molar-refractivity contribution in [3.63, 3.8) is 0 Å². The highest BCUT2D eigenvalue weighted by atomic mass is 16.5. The van der Waals surface area contributed by atoms with E-state index in [1.54, 1.807) is 0 Å². The molecule has 3 heteroatoms. The van der Waals surface area contributed by atoms with Crippen LogP contribution >= 0.6 is 0 Å². The van der Waals surface area contributed by atoms with Gasteiger partial charge in [0.25, 0.3) is 0 Å². The SMILES string of the molecule is NCCCCOCC=O. The summed E-state index contributed by atoms with van der Waals surface area (Å²) in [6.07, 6.45) is 2.67. The smallest absolute Gasteiger partial charge is 0.145 e. The number of hydrogen-bond acceptors (Lipinski definition) is 3. The molecule has 0 saturated heterocycles. The van der Waals surface area contributed by atoms with Crippen molar-refractivity contribution in [1.29, 1.82) is 0 Å². The molecule has 0 aliphatic carbocycles. The van der Waals surface area contributed by atoms with E-state index in [-0.39, 0.29) is 6.61 Å². The van der Waals surface area contributed by atoms with Gasteiger partial charge in [-0.2, -0.15) is 0 Å². The van der Waals surface area contributed by atoms with Crippen molar-refractivity contribution in [2.75, 3.05) is 19.8 Å². The molecule has 0 rings (SSSR count). The zero-order valence-electron chi connectivity index (χ0n) is 5.51. The average Bonchev–Trinajstić information content (AvgIpc) is 1.89. The highest BCUT2D eigenvalue weighted by Crippen LogP contribution is 1.85. The number of unbranched alkanes of at least 4 members (excludes halogenated alkanes) is 1. The van der Waals surface area contributed by atoms with Crippen LogP contribution in [0.15, 0.2) is 0 Å². The normalized spacial score (nSPS) is 9.44. The van der Waals surface area contributed by atoms with Gasteiger partial charge in [-0.25, -0.2) is 0 Å². The Bertz CT molecular complexity index is 66.1. The molecule has 0 amide bonds. The Morgan fingerprint density at radius 3 is 2.78 bits per heavy atom. The first-order chi connectivity index (χ1) is 4.41. The lowest BCUT2D eigenvalue weighted by Crippen LogP contribution is -2.02. The molecule has 54 valence electrons. The van der Waals surface area contributed by atoms with Crippen LogP contribution in [-0.4, -0.2) is 26.0 Å². The fourth-order valence-electron chi connectivity index (χ4n) is 0.480. The van der Waals surface area contributed by atoms with Crippen LogP contribution in [0.2, 0.25) is 0 Å². The lowest BCUT2D eigenvalue weighted by molar-refractivity contribution is -0.111. The van der Waals surface area contributed by atoms with Gasteiger partial charge in [0.05, 0.1) is 0 Å². The maximum atomic E-state index is 9.69. The van der Waals surface area contributed by atoms with E-state index < -0.39 is 0 Å². The van der Waals surface area contributed by atoms with E-state index in [4.69, 9.17) is 10.5 Å². The summed E-state index contributed by atoms with van der Waals surface area (Å²) in [4.78, 5) is 9.69. The van der Waals surface area contributed by atoms with E-state index in [0.717, 1.165) is 19.1 Å².